The van der Waals surface area contributed by atoms with E-state index < -0.39 is 109 Å². The first kappa shape index (κ1) is 34.7. The van der Waals surface area contributed by atoms with Crippen molar-refractivity contribution < 1.29 is 62.5 Å². The van der Waals surface area contributed by atoms with Crippen molar-refractivity contribution in [2.45, 2.75) is 127 Å². The molecule has 0 saturated carbocycles. The molecular formula is C24H42N4O13. The highest BCUT2D eigenvalue weighted by molar-refractivity contribution is 5.77. The smallest absolute Gasteiger partial charge is 0.323 e. The quantitative estimate of drug-likeness (QED) is 0.105. The van der Waals surface area contributed by atoms with Crippen molar-refractivity contribution in [3.63, 3.8) is 0 Å². The first-order chi connectivity index (χ1) is 19.0. The van der Waals surface area contributed by atoms with Crippen LogP contribution in [0.3, 0.4) is 0 Å². The molecule has 236 valence electrons. The Morgan fingerprint density at radius 2 is 0.805 bits per heavy atom. The van der Waals surface area contributed by atoms with Crippen molar-refractivity contribution in [3.8, 4) is 0 Å². The normalized spacial score (nSPS) is 36.7. The van der Waals surface area contributed by atoms with Crippen LogP contribution in [0, 0.1) is 0 Å². The Hall–Kier alpha value is -2.48. The van der Waals surface area contributed by atoms with Gasteiger partial charge in [-0.1, -0.05) is 0 Å². The zero-order valence-corrected chi connectivity index (χ0v) is 23.8. The minimum Gasteiger partial charge on any atom is -0.454 e. The largest absolute Gasteiger partial charge is 0.454 e. The molecule has 2 heterocycles. The maximum absolute atomic E-state index is 12.5. The van der Waals surface area contributed by atoms with Gasteiger partial charge in [-0.25, -0.2) is 0 Å². The number of hydrogen-bond acceptors (Lipinski definition) is 17. The topological polar surface area (TPSA) is 277 Å². The molecule has 41 heavy (non-hydrogen) atoms. The number of esters is 4. The van der Waals surface area contributed by atoms with Gasteiger partial charge in [0, 0.05) is 0 Å². The van der Waals surface area contributed by atoms with E-state index in [4.69, 9.17) is 56.1 Å². The molecule has 0 unspecified atom stereocenters. The molecule has 17 heteroatoms. The maximum atomic E-state index is 12.5. The lowest BCUT2D eigenvalue weighted by Crippen LogP contribution is -2.65. The average molecular weight is 595 g/mol. The average Bonchev–Trinajstić information content (AvgIpc) is 2.88. The highest BCUT2D eigenvalue weighted by Gasteiger charge is 2.54. The van der Waals surface area contributed by atoms with Crippen LogP contribution in [-0.2, 0) is 52.3 Å². The van der Waals surface area contributed by atoms with Gasteiger partial charge in [0.05, 0.1) is 12.2 Å². The molecular weight excluding hydrogens is 552 g/mol. The third kappa shape index (κ3) is 8.76. The number of carbonyl (C=O) groups is 4. The lowest BCUT2D eigenvalue weighted by atomic mass is 9.97. The molecule has 2 aliphatic rings. The fourth-order valence-corrected chi connectivity index (χ4v) is 3.81. The van der Waals surface area contributed by atoms with Gasteiger partial charge in [0.2, 0.25) is 12.6 Å². The number of nitrogens with two attached hydrogens (primary N) is 4. The zero-order chi connectivity index (χ0) is 31.3. The van der Waals surface area contributed by atoms with Gasteiger partial charge in [0.25, 0.3) is 0 Å². The molecule has 2 rings (SSSR count). The van der Waals surface area contributed by atoms with Crippen molar-refractivity contribution >= 4 is 23.9 Å². The summed E-state index contributed by atoms with van der Waals surface area (Å²) in [6, 6.07) is -4.48. The van der Waals surface area contributed by atoms with E-state index in [1.54, 1.807) is 0 Å². The lowest BCUT2D eigenvalue weighted by Gasteiger charge is -2.47. The number of aliphatic hydroxyl groups is 2. The SMILES string of the molecule is C[C@H](N)C(=O)O[C@H]1[C@@H](O[C@H]2O[C@H](C)[C@@H](O)[C@H](OC(=O)[C@H](C)N)[C@H]2OC(=O)[C@H](C)N)O[C@H](C)[C@@H](O)[C@@H]1OC(=O)[C@H](C)N. The number of ether oxygens (including phenoxy) is 7. The lowest BCUT2D eigenvalue weighted by molar-refractivity contribution is -0.372. The second kappa shape index (κ2) is 14.6. The Kier molecular flexibility index (Phi) is 12.4. The van der Waals surface area contributed by atoms with E-state index in [1.807, 2.05) is 0 Å². The molecule has 2 fully saturated rings. The summed E-state index contributed by atoms with van der Waals surface area (Å²) in [6.07, 6.45) is -14.8. The fourth-order valence-electron chi connectivity index (χ4n) is 3.81. The van der Waals surface area contributed by atoms with Gasteiger partial charge in [0.1, 0.15) is 36.4 Å². The standard InChI is InChI=1S/C24H42N4O13/c1-7(25)19(31)37-15-13(29)11(5)35-23(17(15)39-21(33)9(3)27)41-24-18(40-22(34)10(4)28)16(14(30)12(6)36-24)38-20(32)8(2)26/h7-18,23-24,29-30H,25-28H2,1-6H3/t7-,8-,9-,10-,11+,12+,13+,14+,15-,16-,17+,18+,23+,24+/m0/s1. The second-order valence-electron chi connectivity index (χ2n) is 10.3. The van der Waals surface area contributed by atoms with Crippen molar-refractivity contribution in [2.24, 2.45) is 22.9 Å². The minimum absolute atomic E-state index is 0.930. The second-order valence-corrected chi connectivity index (χ2v) is 10.3. The summed E-state index contributed by atoms with van der Waals surface area (Å²) in [6.45, 7) is 8.20. The van der Waals surface area contributed by atoms with E-state index in [-0.39, 0.29) is 0 Å². The Morgan fingerprint density at radius 3 is 1.05 bits per heavy atom. The van der Waals surface area contributed by atoms with E-state index in [0.29, 0.717) is 0 Å². The van der Waals surface area contributed by atoms with Gasteiger partial charge in [-0.2, -0.15) is 0 Å². The highest BCUT2D eigenvalue weighted by atomic mass is 16.8. The van der Waals surface area contributed by atoms with Crippen LogP contribution in [-0.4, -0.2) is 120 Å². The molecule has 2 saturated heterocycles. The summed E-state index contributed by atoms with van der Waals surface area (Å²) in [4.78, 5) is 49.7. The minimum atomic E-state index is -1.64. The molecule has 17 nitrogen and oxygen atoms in total. The number of aliphatic hydroxyl groups excluding tert-OH is 2. The molecule has 0 aromatic heterocycles. The van der Waals surface area contributed by atoms with Crippen LogP contribution < -0.4 is 22.9 Å². The van der Waals surface area contributed by atoms with Gasteiger partial charge < -0.3 is 66.3 Å². The van der Waals surface area contributed by atoms with Crippen LogP contribution >= 0.6 is 0 Å². The Labute approximate surface area is 237 Å². The van der Waals surface area contributed by atoms with E-state index in [1.165, 1.54) is 41.5 Å². The van der Waals surface area contributed by atoms with Gasteiger partial charge in [-0.3, -0.25) is 19.2 Å². The summed E-state index contributed by atoms with van der Waals surface area (Å²) in [5.74, 6) is -3.79. The number of carbonyl (C=O) groups excluding carboxylic acids is 4. The van der Waals surface area contributed by atoms with Crippen LogP contribution in [0.5, 0.6) is 0 Å². The summed E-state index contributed by atoms with van der Waals surface area (Å²) in [7, 11) is 0. The molecule has 0 bridgehead atoms. The van der Waals surface area contributed by atoms with Gasteiger partial charge in [0.15, 0.2) is 24.4 Å². The molecule has 0 spiro atoms. The number of hydrogen-bond donors (Lipinski definition) is 6. The van der Waals surface area contributed by atoms with E-state index in [0.717, 1.165) is 0 Å². The zero-order valence-electron chi connectivity index (χ0n) is 23.8. The van der Waals surface area contributed by atoms with Gasteiger partial charge >= 0.3 is 23.9 Å². The molecule has 0 amide bonds. The van der Waals surface area contributed by atoms with Gasteiger partial charge in [-0.15, -0.1) is 0 Å². The van der Waals surface area contributed by atoms with Crippen LogP contribution in [0.15, 0.2) is 0 Å². The van der Waals surface area contributed by atoms with Crippen molar-refractivity contribution in [3.05, 3.63) is 0 Å². The monoisotopic (exact) mass is 594 g/mol. The van der Waals surface area contributed by atoms with Crippen LogP contribution in [0.1, 0.15) is 41.5 Å². The summed E-state index contributed by atoms with van der Waals surface area (Å²) in [5, 5.41) is 21.6. The summed E-state index contributed by atoms with van der Waals surface area (Å²) in [5.41, 5.74) is 22.5. The van der Waals surface area contributed by atoms with Crippen molar-refractivity contribution in [1.29, 1.82) is 0 Å². The first-order valence-electron chi connectivity index (χ1n) is 13.1. The van der Waals surface area contributed by atoms with E-state index in [9.17, 15) is 29.4 Å². The molecule has 0 aromatic carbocycles. The van der Waals surface area contributed by atoms with Crippen molar-refractivity contribution in [2.75, 3.05) is 0 Å². The molecule has 0 aromatic rings. The third-order valence-corrected chi connectivity index (χ3v) is 6.28. The fraction of sp³-hybridized carbons (Fsp3) is 0.833. The predicted octanol–water partition coefficient (Wildman–Crippen LogP) is -3.75. The summed E-state index contributed by atoms with van der Waals surface area (Å²) >= 11 is 0. The van der Waals surface area contributed by atoms with Crippen LogP contribution in [0.2, 0.25) is 0 Å². The molecule has 14 atom stereocenters. The predicted molar refractivity (Wildman–Crippen MR) is 136 cm³/mol. The Bertz CT molecular complexity index is 861. The van der Waals surface area contributed by atoms with Crippen LogP contribution in [0.4, 0.5) is 0 Å². The van der Waals surface area contributed by atoms with Crippen molar-refractivity contribution in [1.82, 2.24) is 0 Å². The molecule has 0 radical (unpaired) electrons. The maximum Gasteiger partial charge on any atom is 0.323 e. The Morgan fingerprint density at radius 1 is 0.561 bits per heavy atom. The molecule has 10 N–H and O–H groups in total. The first-order valence-corrected chi connectivity index (χ1v) is 13.1. The van der Waals surface area contributed by atoms with E-state index >= 15 is 0 Å². The van der Waals surface area contributed by atoms with Crippen LogP contribution in [0.25, 0.3) is 0 Å². The highest BCUT2D eigenvalue weighted by Crippen LogP contribution is 2.33. The Balaban J connectivity index is 2.51. The van der Waals surface area contributed by atoms with E-state index in [2.05, 4.69) is 0 Å². The third-order valence-electron chi connectivity index (χ3n) is 6.28. The number of rotatable bonds is 10. The molecule has 0 aliphatic carbocycles. The summed E-state index contributed by atoms with van der Waals surface area (Å²) < 4.78 is 39.0. The van der Waals surface area contributed by atoms with Gasteiger partial charge in [-0.05, 0) is 41.5 Å². The molecule has 2 aliphatic heterocycles.